The van der Waals surface area contributed by atoms with Crippen LogP contribution >= 0.6 is 23.1 Å². The van der Waals surface area contributed by atoms with Crippen LogP contribution in [-0.2, 0) is 9.59 Å². The third-order valence-electron chi connectivity index (χ3n) is 5.88. The quantitative estimate of drug-likeness (QED) is 0.644. The summed E-state index contributed by atoms with van der Waals surface area (Å²) in [6.07, 6.45) is 2.20. The molecule has 160 valence electrons. The molecule has 0 aromatic carbocycles. The largest absolute Gasteiger partial charge is 0.481 e. The third-order valence-corrected chi connectivity index (χ3v) is 7.69. The summed E-state index contributed by atoms with van der Waals surface area (Å²) in [4.78, 5) is 35.6. The Morgan fingerprint density at radius 1 is 1.37 bits per heavy atom. The maximum absolute atomic E-state index is 12.0. The van der Waals surface area contributed by atoms with Gasteiger partial charge in [0.2, 0.25) is 5.91 Å². The van der Waals surface area contributed by atoms with Crippen LogP contribution in [0.5, 0.6) is 0 Å². The molecule has 2 bridgehead atoms. The fraction of sp³-hybridized carbons (Fsp3) is 0.524. The summed E-state index contributed by atoms with van der Waals surface area (Å²) in [7, 11) is 0. The second kappa shape index (κ2) is 9.45. The average molecular weight is 447 g/mol. The molecule has 2 aromatic rings. The highest BCUT2D eigenvalue weighted by molar-refractivity contribution is 8.00. The van der Waals surface area contributed by atoms with Crippen molar-refractivity contribution in [3.05, 3.63) is 35.1 Å². The molecule has 3 fully saturated rings. The van der Waals surface area contributed by atoms with E-state index in [4.69, 9.17) is 10.1 Å². The number of carbonyl (C=O) groups excluding carboxylic acids is 1. The van der Waals surface area contributed by atoms with Crippen LogP contribution in [0.4, 0.5) is 0 Å². The van der Waals surface area contributed by atoms with Gasteiger partial charge in [0.25, 0.3) is 0 Å². The second-order valence-electron chi connectivity index (χ2n) is 7.93. The van der Waals surface area contributed by atoms with Crippen molar-refractivity contribution in [2.75, 3.05) is 31.1 Å². The van der Waals surface area contributed by atoms with Gasteiger partial charge in [-0.1, -0.05) is 6.07 Å². The van der Waals surface area contributed by atoms with Gasteiger partial charge in [0.1, 0.15) is 5.82 Å². The fourth-order valence-corrected chi connectivity index (χ4v) is 5.78. The van der Waals surface area contributed by atoms with Crippen molar-refractivity contribution in [1.29, 1.82) is 0 Å². The maximum atomic E-state index is 12.0. The van der Waals surface area contributed by atoms with Crippen LogP contribution in [0, 0.1) is 12.8 Å². The normalized spacial score (nSPS) is 25.2. The van der Waals surface area contributed by atoms with Gasteiger partial charge in [-0.3, -0.25) is 14.5 Å². The number of carbonyl (C=O) groups is 2. The molecule has 0 radical (unpaired) electrons. The van der Waals surface area contributed by atoms with Gasteiger partial charge in [-0.15, -0.1) is 23.1 Å². The summed E-state index contributed by atoms with van der Waals surface area (Å²) in [6, 6.07) is 6.64. The smallest absolute Gasteiger partial charge is 0.313 e. The summed E-state index contributed by atoms with van der Waals surface area (Å²) in [5.74, 6) is 0.940. The molecule has 9 heteroatoms. The predicted octanol–water partition coefficient (Wildman–Crippen LogP) is 2.63. The number of aliphatic carboxylic acids is 1. The highest BCUT2D eigenvalue weighted by atomic mass is 32.2. The summed E-state index contributed by atoms with van der Waals surface area (Å²) >= 11 is 2.83. The first kappa shape index (κ1) is 21.3. The molecule has 0 spiro atoms. The van der Waals surface area contributed by atoms with Gasteiger partial charge in [-0.2, -0.15) is 0 Å². The molecule has 1 amide bonds. The molecule has 5 rings (SSSR count). The topological polar surface area (TPSA) is 95.4 Å². The van der Waals surface area contributed by atoms with Crippen molar-refractivity contribution >= 4 is 35.0 Å². The molecule has 3 saturated heterocycles. The minimum Gasteiger partial charge on any atom is -0.481 e. The van der Waals surface area contributed by atoms with E-state index in [2.05, 4.69) is 32.7 Å². The molecule has 3 aliphatic rings. The lowest BCUT2D eigenvalue weighted by Crippen LogP contribution is -2.56. The van der Waals surface area contributed by atoms with E-state index in [1.165, 1.54) is 4.88 Å². The lowest BCUT2D eigenvalue weighted by molar-refractivity contribution is -0.133. The van der Waals surface area contributed by atoms with Crippen LogP contribution in [-0.4, -0.2) is 69.0 Å². The van der Waals surface area contributed by atoms with Crippen LogP contribution in [0.15, 0.2) is 23.6 Å². The Bertz CT molecular complexity index is 906. The molecular weight excluding hydrogens is 420 g/mol. The third kappa shape index (κ3) is 5.01. The number of fused-ring (bicyclic) bond motifs is 3. The van der Waals surface area contributed by atoms with Gasteiger partial charge >= 0.3 is 5.97 Å². The SMILES string of the molecule is Cc1nc(-c2cccs2)cc(C2CN3CCC2CC3CNC(=O)CSCC(=O)O)n1. The Labute approximate surface area is 184 Å². The monoisotopic (exact) mass is 446 g/mol. The minimum atomic E-state index is -0.892. The molecule has 5 heterocycles. The van der Waals surface area contributed by atoms with E-state index in [9.17, 15) is 9.59 Å². The lowest BCUT2D eigenvalue weighted by atomic mass is 9.74. The van der Waals surface area contributed by atoms with Crippen LogP contribution in [0.2, 0.25) is 0 Å². The summed E-state index contributed by atoms with van der Waals surface area (Å²) in [5.41, 5.74) is 2.14. The number of hydrogen-bond acceptors (Lipinski definition) is 7. The summed E-state index contributed by atoms with van der Waals surface area (Å²) in [6.45, 7) is 4.60. The number of piperidine rings is 3. The Morgan fingerprint density at radius 3 is 2.93 bits per heavy atom. The van der Waals surface area contributed by atoms with Crippen molar-refractivity contribution in [3.63, 3.8) is 0 Å². The molecule has 4 unspecified atom stereocenters. The lowest BCUT2D eigenvalue weighted by Gasteiger charge is -2.49. The number of aromatic nitrogens is 2. The van der Waals surface area contributed by atoms with Gasteiger partial charge in [0.05, 0.1) is 22.1 Å². The number of hydrogen-bond donors (Lipinski definition) is 2. The number of carboxylic acids is 1. The number of thiophene rings is 1. The second-order valence-corrected chi connectivity index (χ2v) is 9.87. The van der Waals surface area contributed by atoms with Gasteiger partial charge in [-0.05, 0) is 49.7 Å². The Kier molecular flexibility index (Phi) is 6.70. The van der Waals surface area contributed by atoms with Crippen LogP contribution in [0.25, 0.3) is 10.6 Å². The zero-order valence-electron chi connectivity index (χ0n) is 16.9. The standard InChI is InChI=1S/C21H26N4O3S2/c1-13-23-17(8-18(24-13)19-3-2-6-30-19)16-10-25-5-4-14(16)7-15(25)9-22-20(26)11-29-12-21(27)28/h2-3,6,8,14-16H,4-5,7,9-12H2,1H3,(H,22,26)(H,27,28). The Morgan fingerprint density at radius 2 is 2.23 bits per heavy atom. The summed E-state index contributed by atoms with van der Waals surface area (Å²) in [5, 5.41) is 13.7. The first-order chi connectivity index (χ1) is 14.5. The fourth-order valence-electron chi connectivity index (χ4n) is 4.53. The number of aryl methyl sites for hydroxylation is 1. The van der Waals surface area contributed by atoms with Crippen molar-refractivity contribution in [3.8, 4) is 10.6 Å². The van der Waals surface area contributed by atoms with Crippen molar-refractivity contribution in [1.82, 2.24) is 20.2 Å². The molecule has 30 heavy (non-hydrogen) atoms. The van der Waals surface area contributed by atoms with Crippen LogP contribution < -0.4 is 5.32 Å². The Hall–Kier alpha value is -1.97. The highest BCUT2D eigenvalue weighted by Gasteiger charge is 2.41. The number of nitrogens with one attached hydrogen (secondary N) is 1. The van der Waals surface area contributed by atoms with E-state index in [0.717, 1.165) is 54.9 Å². The van der Waals surface area contributed by atoms with E-state index in [1.807, 2.05) is 13.0 Å². The minimum absolute atomic E-state index is 0.0431. The molecule has 2 aromatic heterocycles. The molecule has 4 atom stereocenters. The number of thioether (sulfide) groups is 1. The van der Waals surface area contributed by atoms with Gasteiger partial charge < -0.3 is 10.4 Å². The zero-order chi connectivity index (χ0) is 21.1. The van der Waals surface area contributed by atoms with Crippen molar-refractivity contribution in [2.24, 2.45) is 5.92 Å². The number of amides is 1. The number of rotatable bonds is 8. The Balaban J connectivity index is 1.37. The number of nitrogens with zero attached hydrogens (tertiary/aromatic N) is 3. The number of carboxylic acid groups (broad SMARTS) is 1. The molecule has 7 nitrogen and oxygen atoms in total. The molecule has 0 aliphatic carbocycles. The first-order valence-electron chi connectivity index (χ1n) is 10.2. The molecule has 2 N–H and O–H groups in total. The van der Waals surface area contributed by atoms with Crippen LogP contribution in [0.1, 0.15) is 30.3 Å². The van der Waals surface area contributed by atoms with E-state index < -0.39 is 5.97 Å². The van der Waals surface area contributed by atoms with Gasteiger partial charge in [0.15, 0.2) is 0 Å². The van der Waals surface area contributed by atoms with Crippen molar-refractivity contribution in [2.45, 2.75) is 31.7 Å². The first-order valence-corrected chi connectivity index (χ1v) is 12.2. The van der Waals surface area contributed by atoms with Gasteiger partial charge in [0, 0.05) is 30.7 Å². The maximum Gasteiger partial charge on any atom is 0.313 e. The summed E-state index contributed by atoms with van der Waals surface area (Å²) < 4.78 is 0. The molecule has 0 saturated carbocycles. The van der Waals surface area contributed by atoms with E-state index in [0.29, 0.717) is 24.4 Å². The van der Waals surface area contributed by atoms with Gasteiger partial charge in [-0.25, -0.2) is 9.97 Å². The predicted molar refractivity (Wildman–Crippen MR) is 119 cm³/mol. The van der Waals surface area contributed by atoms with E-state index in [1.54, 1.807) is 11.3 Å². The van der Waals surface area contributed by atoms with E-state index in [-0.39, 0.29) is 17.4 Å². The highest BCUT2D eigenvalue weighted by Crippen LogP contribution is 2.41. The van der Waals surface area contributed by atoms with E-state index >= 15 is 0 Å². The molecule has 3 aliphatic heterocycles. The molecular formula is C21H26N4O3S2. The zero-order valence-corrected chi connectivity index (χ0v) is 18.5. The van der Waals surface area contributed by atoms with Crippen molar-refractivity contribution < 1.29 is 14.7 Å². The average Bonchev–Trinajstić information content (AvgIpc) is 3.27. The van der Waals surface area contributed by atoms with Crippen LogP contribution in [0.3, 0.4) is 0 Å².